The monoisotopic (exact) mass is 250 g/mol. The van der Waals surface area contributed by atoms with Gasteiger partial charge in [-0.15, -0.1) is 0 Å². The Balaban J connectivity index is 2.22. The van der Waals surface area contributed by atoms with Crippen LogP contribution in [0, 0.1) is 22.7 Å². The van der Waals surface area contributed by atoms with Crippen molar-refractivity contribution in [1.82, 2.24) is 5.32 Å². The predicted octanol–water partition coefficient (Wildman–Crippen LogP) is 2.60. The highest BCUT2D eigenvalue weighted by molar-refractivity contribution is 5.14. The maximum Gasteiger partial charge on any atom is 0.0863 e. The van der Waals surface area contributed by atoms with Crippen LogP contribution < -0.4 is 5.32 Å². The third kappa shape index (κ3) is 2.41. The summed E-state index contributed by atoms with van der Waals surface area (Å²) in [7, 11) is 0. The molecule has 0 radical (unpaired) electrons. The van der Waals surface area contributed by atoms with Gasteiger partial charge in [0.25, 0.3) is 0 Å². The summed E-state index contributed by atoms with van der Waals surface area (Å²) in [6, 6.07) is 2.54. The molecule has 1 saturated carbocycles. The summed E-state index contributed by atoms with van der Waals surface area (Å²) in [4.78, 5) is 0. The summed E-state index contributed by atoms with van der Waals surface area (Å²) >= 11 is 0. The zero-order valence-corrected chi connectivity index (χ0v) is 11.5. The standard InChI is InChI=1S/C15H26N2O/c1-2-13-5-3-6-14(11-13,12-16)15(18)7-4-9-17-10-8-15/h13,17-18H,2-11H2,1H3. The zero-order valence-electron chi connectivity index (χ0n) is 11.5. The Bertz CT molecular complexity index is 315. The molecule has 0 bridgehead atoms. The number of nitriles is 1. The van der Waals surface area contributed by atoms with Crippen LogP contribution in [0.25, 0.3) is 0 Å². The lowest BCUT2D eigenvalue weighted by atomic mass is 9.59. The van der Waals surface area contributed by atoms with Gasteiger partial charge in [0, 0.05) is 0 Å². The maximum atomic E-state index is 11.1. The lowest BCUT2D eigenvalue weighted by Crippen LogP contribution is -2.50. The summed E-state index contributed by atoms with van der Waals surface area (Å²) in [5.41, 5.74) is -1.25. The lowest BCUT2D eigenvalue weighted by Gasteiger charge is -2.47. The third-order valence-electron chi connectivity index (χ3n) is 5.19. The van der Waals surface area contributed by atoms with Crippen LogP contribution in [0.3, 0.4) is 0 Å². The topological polar surface area (TPSA) is 56.0 Å². The second kappa shape index (κ2) is 5.59. The minimum absolute atomic E-state index is 0.488. The second-order valence-electron chi connectivity index (χ2n) is 6.20. The van der Waals surface area contributed by atoms with Gasteiger partial charge in [-0.05, 0) is 51.1 Å². The Morgan fingerprint density at radius 2 is 2.11 bits per heavy atom. The molecule has 0 spiro atoms. The summed E-state index contributed by atoms with van der Waals surface area (Å²) in [6.07, 6.45) is 7.75. The molecule has 102 valence electrons. The molecule has 2 aliphatic rings. The Labute approximate surface area is 111 Å². The van der Waals surface area contributed by atoms with Gasteiger partial charge in [0.15, 0.2) is 0 Å². The number of hydrogen-bond acceptors (Lipinski definition) is 3. The Morgan fingerprint density at radius 1 is 1.28 bits per heavy atom. The molecule has 2 fully saturated rings. The molecule has 2 N–H and O–H groups in total. The first-order valence-electron chi connectivity index (χ1n) is 7.50. The lowest BCUT2D eigenvalue weighted by molar-refractivity contribution is -0.0900. The molecule has 1 aliphatic heterocycles. The molecular weight excluding hydrogens is 224 g/mol. The van der Waals surface area contributed by atoms with Crippen molar-refractivity contribution in [1.29, 1.82) is 5.26 Å². The van der Waals surface area contributed by atoms with Crippen LogP contribution in [0.4, 0.5) is 0 Å². The summed E-state index contributed by atoms with van der Waals surface area (Å²) in [5, 5.41) is 24.1. The van der Waals surface area contributed by atoms with Crippen molar-refractivity contribution in [3.05, 3.63) is 0 Å². The Hall–Kier alpha value is -0.590. The van der Waals surface area contributed by atoms with E-state index in [1.165, 1.54) is 6.42 Å². The summed E-state index contributed by atoms with van der Waals surface area (Å²) < 4.78 is 0. The van der Waals surface area contributed by atoms with Gasteiger partial charge in [-0.1, -0.05) is 26.2 Å². The number of hydrogen-bond donors (Lipinski definition) is 2. The third-order valence-corrected chi connectivity index (χ3v) is 5.19. The fourth-order valence-electron chi connectivity index (χ4n) is 3.90. The summed E-state index contributed by atoms with van der Waals surface area (Å²) in [6.45, 7) is 4.02. The van der Waals surface area contributed by atoms with E-state index in [0.717, 1.165) is 58.0 Å². The van der Waals surface area contributed by atoms with E-state index >= 15 is 0 Å². The molecule has 2 rings (SSSR count). The molecule has 1 aliphatic carbocycles. The molecule has 18 heavy (non-hydrogen) atoms. The van der Waals surface area contributed by atoms with Crippen LogP contribution in [0.15, 0.2) is 0 Å². The van der Waals surface area contributed by atoms with Crippen molar-refractivity contribution in [2.24, 2.45) is 11.3 Å². The van der Waals surface area contributed by atoms with E-state index in [0.29, 0.717) is 5.92 Å². The van der Waals surface area contributed by atoms with Gasteiger partial charge in [0.2, 0.25) is 0 Å². The van der Waals surface area contributed by atoms with Gasteiger partial charge < -0.3 is 10.4 Å². The van der Waals surface area contributed by atoms with E-state index in [1.54, 1.807) is 0 Å². The number of nitrogens with one attached hydrogen (secondary N) is 1. The molecular formula is C15H26N2O. The highest BCUT2D eigenvalue weighted by atomic mass is 16.3. The predicted molar refractivity (Wildman–Crippen MR) is 72.0 cm³/mol. The van der Waals surface area contributed by atoms with Gasteiger partial charge in [0.05, 0.1) is 17.1 Å². The molecule has 0 aromatic rings. The number of rotatable bonds is 2. The van der Waals surface area contributed by atoms with Crippen molar-refractivity contribution in [2.45, 2.75) is 63.9 Å². The fourth-order valence-corrected chi connectivity index (χ4v) is 3.90. The minimum Gasteiger partial charge on any atom is -0.388 e. The van der Waals surface area contributed by atoms with E-state index < -0.39 is 11.0 Å². The van der Waals surface area contributed by atoms with Gasteiger partial charge in [0.1, 0.15) is 0 Å². The average molecular weight is 250 g/mol. The highest BCUT2D eigenvalue weighted by Gasteiger charge is 2.52. The van der Waals surface area contributed by atoms with E-state index in [4.69, 9.17) is 0 Å². The molecule has 0 aromatic heterocycles. The molecule has 3 atom stereocenters. The van der Waals surface area contributed by atoms with Crippen LogP contribution >= 0.6 is 0 Å². The van der Waals surface area contributed by atoms with Gasteiger partial charge in [-0.3, -0.25) is 0 Å². The zero-order chi connectivity index (χ0) is 13.1. The maximum absolute atomic E-state index is 11.1. The molecule has 0 aromatic carbocycles. The van der Waals surface area contributed by atoms with Gasteiger partial charge in [-0.2, -0.15) is 5.26 Å². The van der Waals surface area contributed by atoms with Gasteiger partial charge in [-0.25, -0.2) is 0 Å². The van der Waals surface area contributed by atoms with Crippen LogP contribution in [-0.4, -0.2) is 23.8 Å². The molecule has 3 nitrogen and oxygen atoms in total. The molecule has 1 heterocycles. The SMILES string of the molecule is CCC1CCCC(C#N)(C2(O)CCCNCC2)C1. The molecule has 3 unspecified atom stereocenters. The number of nitrogens with zero attached hydrogens (tertiary/aromatic N) is 1. The van der Waals surface area contributed by atoms with Crippen LogP contribution in [-0.2, 0) is 0 Å². The number of aliphatic hydroxyl groups is 1. The van der Waals surface area contributed by atoms with Crippen LogP contribution in [0.1, 0.15) is 58.3 Å². The first-order valence-corrected chi connectivity index (χ1v) is 7.50. The van der Waals surface area contributed by atoms with Crippen molar-refractivity contribution < 1.29 is 5.11 Å². The van der Waals surface area contributed by atoms with Crippen molar-refractivity contribution in [2.75, 3.05) is 13.1 Å². The normalized spacial score (nSPS) is 41.9. The van der Waals surface area contributed by atoms with Gasteiger partial charge >= 0.3 is 0 Å². The van der Waals surface area contributed by atoms with Crippen molar-refractivity contribution in [3.63, 3.8) is 0 Å². The largest absolute Gasteiger partial charge is 0.388 e. The van der Waals surface area contributed by atoms with Crippen molar-refractivity contribution >= 4 is 0 Å². The minimum atomic E-state index is -0.765. The van der Waals surface area contributed by atoms with Crippen molar-refractivity contribution in [3.8, 4) is 6.07 Å². The highest BCUT2D eigenvalue weighted by Crippen LogP contribution is 2.50. The smallest absolute Gasteiger partial charge is 0.0863 e. The molecule has 1 saturated heterocycles. The van der Waals surface area contributed by atoms with E-state index in [9.17, 15) is 10.4 Å². The van der Waals surface area contributed by atoms with Crippen LogP contribution in [0.5, 0.6) is 0 Å². The Kier molecular flexibility index (Phi) is 4.29. The van der Waals surface area contributed by atoms with E-state index in [-0.39, 0.29) is 0 Å². The molecule has 3 heteroatoms. The second-order valence-corrected chi connectivity index (χ2v) is 6.20. The van der Waals surface area contributed by atoms with E-state index in [1.807, 2.05) is 0 Å². The average Bonchev–Trinajstić information content (AvgIpc) is 2.64. The first-order chi connectivity index (χ1) is 8.66. The fraction of sp³-hybridized carbons (Fsp3) is 0.933. The Morgan fingerprint density at radius 3 is 2.83 bits per heavy atom. The summed E-state index contributed by atoms with van der Waals surface area (Å²) in [5.74, 6) is 0.624. The van der Waals surface area contributed by atoms with E-state index in [2.05, 4.69) is 18.3 Å². The van der Waals surface area contributed by atoms with Crippen LogP contribution in [0.2, 0.25) is 0 Å². The molecule has 0 amide bonds. The first kappa shape index (κ1) is 13.8. The quantitative estimate of drug-likeness (QED) is 0.792.